The first-order valence-corrected chi connectivity index (χ1v) is 8.47. The number of hydrogen-bond acceptors (Lipinski definition) is 3. The second kappa shape index (κ2) is 6.44. The van der Waals surface area contributed by atoms with Crippen LogP contribution in [0.1, 0.15) is 51.4 Å². The van der Waals surface area contributed by atoms with Gasteiger partial charge in [-0.25, -0.2) is 0 Å². The van der Waals surface area contributed by atoms with Crippen molar-refractivity contribution in [2.45, 2.75) is 69.5 Å². The van der Waals surface area contributed by atoms with Gasteiger partial charge in [-0.2, -0.15) is 0 Å². The molecule has 0 aromatic heterocycles. The minimum Gasteiger partial charge on any atom is -0.344 e. The van der Waals surface area contributed by atoms with Gasteiger partial charge >= 0.3 is 0 Å². The van der Waals surface area contributed by atoms with Crippen LogP contribution in [0.15, 0.2) is 0 Å². The van der Waals surface area contributed by atoms with E-state index in [1.54, 1.807) is 0 Å². The summed E-state index contributed by atoms with van der Waals surface area (Å²) >= 11 is 0. The van der Waals surface area contributed by atoms with E-state index in [9.17, 15) is 4.79 Å². The molecule has 2 N–H and O–H groups in total. The van der Waals surface area contributed by atoms with Crippen LogP contribution in [0.25, 0.3) is 0 Å². The molecule has 4 atom stereocenters. The lowest BCUT2D eigenvalue weighted by Crippen LogP contribution is -2.54. The average Bonchev–Trinajstić information content (AvgIpc) is 2.97. The molecule has 1 amide bonds. The Kier molecular flexibility index (Phi) is 4.61. The fourth-order valence-electron chi connectivity index (χ4n) is 4.38. The molecule has 0 spiro atoms. The van der Waals surface area contributed by atoms with Crippen molar-refractivity contribution in [2.75, 3.05) is 20.1 Å². The van der Waals surface area contributed by atoms with Crippen molar-refractivity contribution < 1.29 is 4.79 Å². The van der Waals surface area contributed by atoms with Gasteiger partial charge in [-0.05, 0) is 44.6 Å². The van der Waals surface area contributed by atoms with E-state index in [1.807, 2.05) is 11.9 Å². The molecule has 2 heterocycles. The maximum Gasteiger partial charge on any atom is 0.222 e. The third kappa shape index (κ3) is 3.17. The van der Waals surface area contributed by atoms with Crippen LogP contribution in [0, 0.1) is 5.92 Å². The van der Waals surface area contributed by atoms with Gasteiger partial charge in [0.15, 0.2) is 0 Å². The topological polar surface area (TPSA) is 44.4 Å². The number of amides is 1. The first-order chi connectivity index (χ1) is 9.74. The van der Waals surface area contributed by atoms with Crippen molar-refractivity contribution in [3.63, 3.8) is 0 Å². The quantitative estimate of drug-likeness (QED) is 0.823. The zero-order valence-electron chi connectivity index (χ0n) is 12.7. The number of rotatable bonds is 3. The SMILES string of the molecule is CN1CC(NC2CCCCC2C2CCCN2)CCC1=O. The summed E-state index contributed by atoms with van der Waals surface area (Å²) in [5.74, 6) is 1.11. The smallest absolute Gasteiger partial charge is 0.222 e. The highest BCUT2D eigenvalue weighted by Gasteiger charge is 2.35. The van der Waals surface area contributed by atoms with Gasteiger partial charge in [-0.15, -0.1) is 0 Å². The van der Waals surface area contributed by atoms with Crippen molar-refractivity contribution in [3.05, 3.63) is 0 Å². The monoisotopic (exact) mass is 279 g/mol. The standard InChI is InChI=1S/C16H29N3O/c1-19-11-12(8-9-16(19)20)18-15-6-3-2-5-13(15)14-7-4-10-17-14/h12-15,17-18H,2-11H2,1H3. The lowest BCUT2D eigenvalue weighted by atomic mass is 9.78. The summed E-state index contributed by atoms with van der Waals surface area (Å²) in [6.07, 6.45) is 9.87. The van der Waals surface area contributed by atoms with Gasteiger partial charge in [-0.1, -0.05) is 12.8 Å². The summed E-state index contributed by atoms with van der Waals surface area (Å²) < 4.78 is 0. The van der Waals surface area contributed by atoms with E-state index in [0.29, 0.717) is 24.4 Å². The van der Waals surface area contributed by atoms with Crippen molar-refractivity contribution >= 4 is 5.91 Å². The predicted molar refractivity (Wildman–Crippen MR) is 80.6 cm³/mol. The van der Waals surface area contributed by atoms with E-state index in [-0.39, 0.29) is 0 Å². The van der Waals surface area contributed by atoms with Crippen LogP contribution in [0.5, 0.6) is 0 Å². The summed E-state index contributed by atoms with van der Waals surface area (Å²) in [7, 11) is 1.94. The summed E-state index contributed by atoms with van der Waals surface area (Å²) in [6, 6.07) is 1.89. The van der Waals surface area contributed by atoms with E-state index in [4.69, 9.17) is 0 Å². The molecule has 1 aliphatic carbocycles. The number of piperidine rings is 1. The number of likely N-dealkylation sites (N-methyl/N-ethyl adjacent to an activating group) is 1. The predicted octanol–water partition coefficient (Wildman–Crippen LogP) is 1.51. The highest BCUT2D eigenvalue weighted by atomic mass is 16.2. The largest absolute Gasteiger partial charge is 0.344 e. The van der Waals surface area contributed by atoms with Gasteiger partial charge in [0.05, 0.1) is 0 Å². The molecular formula is C16H29N3O. The van der Waals surface area contributed by atoms with Gasteiger partial charge in [0.25, 0.3) is 0 Å². The molecule has 3 aliphatic rings. The molecule has 0 radical (unpaired) electrons. The molecule has 0 bridgehead atoms. The molecule has 4 nitrogen and oxygen atoms in total. The minimum atomic E-state index is 0.306. The van der Waals surface area contributed by atoms with Crippen LogP contribution >= 0.6 is 0 Å². The minimum absolute atomic E-state index is 0.306. The Morgan fingerprint density at radius 1 is 1.15 bits per heavy atom. The van der Waals surface area contributed by atoms with Crippen molar-refractivity contribution in [1.82, 2.24) is 15.5 Å². The summed E-state index contributed by atoms with van der Waals surface area (Å²) in [4.78, 5) is 13.5. The molecule has 2 aliphatic heterocycles. The van der Waals surface area contributed by atoms with Gasteiger partial charge in [-0.3, -0.25) is 4.79 Å². The van der Waals surface area contributed by atoms with Gasteiger partial charge in [0.2, 0.25) is 5.91 Å². The zero-order chi connectivity index (χ0) is 13.9. The molecule has 20 heavy (non-hydrogen) atoms. The Morgan fingerprint density at radius 2 is 2.00 bits per heavy atom. The van der Waals surface area contributed by atoms with Crippen LogP contribution in [0.2, 0.25) is 0 Å². The summed E-state index contributed by atoms with van der Waals surface area (Å²) in [5.41, 5.74) is 0. The highest BCUT2D eigenvalue weighted by molar-refractivity contribution is 5.76. The van der Waals surface area contributed by atoms with Gasteiger partial charge in [0, 0.05) is 38.1 Å². The van der Waals surface area contributed by atoms with Crippen molar-refractivity contribution in [3.8, 4) is 0 Å². The maximum absolute atomic E-state index is 11.6. The molecular weight excluding hydrogens is 250 g/mol. The number of nitrogens with one attached hydrogen (secondary N) is 2. The second-order valence-electron chi connectivity index (χ2n) is 6.93. The molecule has 0 aromatic rings. The highest BCUT2D eigenvalue weighted by Crippen LogP contribution is 2.31. The lowest BCUT2D eigenvalue weighted by Gasteiger charge is -2.40. The number of nitrogens with zero attached hydrogens (tertiary/aromatic N) is 1. The third-order valence-corrected chi connectivity index (χ3v) is 5.51. The maximum atomic E-state index is 11.6. The van der Waals surface area contributed by atoms with Crippen LogP contribution in [-0.4, -0.2) is 49.1 Å². The number of likely N-dealkylation sites (tertiary alicyclic amines) is 1. The van der Waals surface area contributed by atoms with E-state index in [1.165, 1.54) is 45.1 Å². The van der Waals surface area contributed by atoms with E-state index in [2.05, 4.69) is 10.6 Å². The fraction of sp³-hybridized carbons (Fsp3) is 0.938. The molecule has 3 rings (SSSR count). The van der Waals surface area contributed by atoms with Crippen LogP contribution < -0.4 is 10.6 Å². The molecule has 4 unspecified atom stereocenters. The van der Waals surface area contributed by atoms with E-state index >= 15 is 0 Å². The fourth-order valence-corrected chi connectivity index (χ4v) is 4.38. The van der Waals surface area contributed by atoms with Gasteiger partial charge < -0.3 is 15.5 Å². The summed E-state index contributed by atoms with van der Waals surface area (Å²) in [5, 5.41) is 7.61. The second-order valence-corrected chi connectivity index (χ2v) is 6.93. The Hall–Kier alpha value is -0.610. The Labute approximate surface area is 122 Å². The lowest BCUT2D eigenvalue weighted by molar-refractivity contribution is -0.132. The molecule has 1 saturated carbocycles. The van der Waals surface area contributed by atoms with E-state index < -0.39 is 0 Å². The van der Waals surface area contributed by atoms with Gasteiger partial charge in [0.1, 0.15) is 0 Å². The van der Waals surface area contributed by atoms with Crippen LogP contribution in [-0.2, 0) is 4.79 Å². The summed E-state index contributed by atoms with van der Waals surface area (Å²) in [6.45, 7) is 2.09. The Bertz CT molecular complexity index is 341. The molecule has 114 valence electrons. The first kappa shape index (κ1) is 14.3. The van der Waals surface area contributed by atoms with E-state index in [0.717, 1.165) is 24.9 Å². The number of hydrogen-bond donors (Lipinski definition) is 2. The normalized spacial score (nSPS) is 39.2. The number of carbonyl (C=O) groups excluding carboxylic acids is 1. The molecule has 2 saturated heterocycles. The third-order valence-electron chi connectivity index (χ3n) is 5.51. The van der Waals surface area contributed by atoms with Crippen LogP contribution in [0.4, 0.5) is 0 Å². The average molecular weight is 279 g/mol. The van der Waals surface area contributed by atoms with Crippen molar-refractivity contribution in [2.24, 2.45) is 5.92 Å². The zero-order valence-corrected chi connectivity index (χ0v) is 12.7. The number of carbonyl (C=O) groups is 1. The molecule has 4 heteroatoms. The van der Waals surface area contributed by atoms with Crippen molar-refractivity contribution in [1.29, 1.82) is 0 Å². The Balaban J connectivity index is 1.57. The van der Waals surface area contributed by atoms with Crippen LogP contribution in [0.3, 0.4) is 0 Å². The molecule has 0 aromatic carbocycles. The first-order valence-electron chi connectivity index (χ1n) is 8.47. The molecule has 3 fully saturated rings. The Morgan fingerprint density at radius 3 is 2.75 bits per heavy atom.